The van der Waals surface area contributed by atoms with Gasteiger partial charge in [-0.05, 0) is 52.4 Å². The summed E-state index contributed by atoms with van der Waals surface area (Å²) >= 11 is 2.25. The molecule has 0 bridgehead atoms. The maximum atomic E-state index is 9.43. The molecule has 0 unspecified atom stereocenters. The Morgan fingerprint density at radius 1 is 1.12 bits per heavy atom. The van der Waals surface area contributed by atoms with E-state index in [1.165, 1.54) is 9.64 Å². The van der Waals surface area contributed by atoms with Crippen LogP contribution in [0.25, 0.3) is 0 Å². The first-order chi connectivity index (χ1) is 8.16. The molecular weight excluding hydrogens is 329 g/mol. The summed E-state index contributed by atoms with van der Waals surface area (Å²) in [6.07, 6.45) is 0. The van der Waals surface area contributed by atoms with Crippen LogP contribution in [0.4, 0.5) is 5.69 Å². The first-order valence-corrected chi connectivity index (χ1v) is 6.19. The third-order valence-electron chi connectivity index (χ3n) is 2.35. The molecule has 0 heterocycles. The third-order valence-corrected chi connectivity index (χ3v) is 3.07. The molecule has 17 heavy (non-hydrogen) atoms. The van der Waals surface area contributed by atoms with E-state index in [1.807, 2.05) is 24.3 Å². The van der Waals surface area contributed by atoms with Gasteiger partial charge in [0.1, 0.15) is 23.8 Å². The molecule has 88 valence electrons. The Morgan fingerprint density at radius 3 is 2.53 bits per heavy atom. The smallest absolute Gasteiger partial charge is 0.146 e. The van der Waals surface area contributed by atoms with Crippen LogP contribution in [0.2, 0.25) is 0 Å². The standard InChI is InChI=1S/C13H12INO2/c14-10-6-4-9(5-7-10)8-17-12-3-1-2-11(16)13(12)15/h1-7,16H,8,15H2. The highest BCUT2D eigenvalue weighted by Crippen LogP contribution is 2.30. The Balaban J connectivity index is 2.07. The fourth-order valence-corrected chi connectivity index (χ4v) is 1.76. The second-order valence-corrected chi connectivity index (χ2v) is 4.85. The van der Waals surface area contributed by atoms with Crippen molar-refractivity contribution in [3.05, 3.63) is 51.6 Å². The van der Waals surface area contributed by atoms with Crippen LogP contribution < -0.4 is 10.5 Å². The van der Waals surface area contributed by atoms with Gasteiger partial charge in [0.05, 0.1) is 0 Å². The molecule has 0 saturated heterocycles. The lowest BCUT2D eigenvalue weighted by atomic mass is 10.2. The van der Waals surface area contributed by atoms with Crippen molar-refractivity contribution in [1.29, 1.82) is 0 Å². The van der Waals surface area contributed by atoms with Gasteiger partial charge in [-0.25, -0.2) is 0 Å². The fraction of sp³-hybridized carbons (Fsp3) is 0.0769. The highest BCUT2D eigenvalue weighted by atomic mass is 127. The fourth-order valence-electron chi connectivity index (χ4n) is 1.40. The van der Waals surface area contributed by atoms with Gasteiger partial charge >= 0.3 is 0 Å². The minimum atomic E-state index is 0.0464. The van der Waals surface area contributed by atoms with Gasteiger partial charge in [0, 0.05) is 3.57 Å². The molecule has 0 fully saturated rings. The largest absolute Gasteiger partial charge is 0.506 e. The summed E-state index contributed by atoms with van der Waals surface area (Å²) < 4.78 is 6.74. The minimum Gasteiger partial charge on any atom is -0.506 e. The van der Waals surface area contributed by atoms with Gasteiger partial charge in [-0.3, -0.25) is 0 Å². The lowest BCUT2D eigenvalue weighted by Crippen LogP contribution is -1.98. The Hall–Kier alpha value is -1.43. The average Bonchev–Trinajstić information content (AvgIpc) is 2.33. The number of nitrogen functional groups attached to an aromatic ring is 1. The van der Waals surface area contributed by atoms with Crippen molar-refractivity contribution in [2.45, 2.75) is 6.61 Å². The van der Waals surface area contributed by atoms with Gasteiger partial charge in [-0.15, -0.1) is 0 Å². The Morgan fingerprint density at radius 2 is 1.82 bits per heavy atom. The predicted molar refractivity (Wildman–Crippen MR) is 76.0 cm³/mol. The lowest BCUT2D eigenvalue weighted by Gasteiger charge is -2.09. The molecule has 3 nitrogen and oxygen atoms in total. The third kappa shape index (κ3) is 3.03. The van der Waals surface area contributed by atoms with E-state index in [-0.39, 0.29) is 11.4 Å². The highest BCUT2D eigenvalue weighted by Gasteiger charge is 2.04. The van der Waals surface area contributed by atoms with Crippen LogP contribution in [-0.4, -0.2) is 5.11 Å². The number of benzene rings is 2. The molecule has 2 aromatic carbocycles. The van der Waals surface area contributed by atoms with Gasteiger partial charge in [0.15, 0.2) is 0 Å². The molecule has 2 aromatic rings. The number of nitrogens with two attached hydrogens (primary N) is 1. The van der Waals surface area contributed by atoms with Crippen LogP contribution in [0.1, 0.15) is 5.56 Å². The van der Waals surface area contributed by atoms with Crippen molar-refractivity contribution in [2.75, 3.05) is 5.73 Å². The number of anilines is 1. The summed E-state index contributed by atoms with van der Waals surface area (Å²) in [5, 5.41) is 9.43. The molecule has 0 saturated carbocycles. The van der Waals surface area contributed by atoms with Crippen molar-refractivity contribution in [2.24, 2.45) is 0 Å². The van der Waals surface area contributed by atoms with E-state index in [4.69, 9.17) is 10.5 Å². The van der Waals surface area contributed by atoms with Crippen LogP contribution in [0, 0.1) is 3.57 Å². The molecule has 0 aliphatic heterocycles. The molecule has 0 aromatic heterocycles. The zero-order valence-corrected chi connectivity index (χ0v) is 11.2. The van der Waals surface area contributed by atoms with E-state index in [0.717, 1.165) is 5.56 Å². The Bertz CT molecular complexity index is 511. The molecule has 0 aliphatic rings. The summed E-state index contributed by atoms with van der Waals surface area (Å²) in [5.74, 6) is 0.550. The molecule has 0 aliphatic carbocycles. The van der Waals surface area contributed by atoms with E-state index < -0.39 is 0 Å². The molecule has 0 spiro atoms. The van der Waals surface area contributed by atoms with E-state index in [1.54, 1.807) is 12.1 Å². The van der Waals surface area contributed by atoms with Gasteiger partial charge in [-0.1, -0.05) is 18.2 Å². The van der Waals surface area contributed by atoms with E-state index >= 15 is 0 Å². The number of halogens is 1. The summed E-state index contributed by atoms with van der Waals surface area (Å²) in [6, 6.07) is 13.0. The van der Waals surface area contributed by atoms with Crippen LogP contribution >= 0.6 is 22.6 Å². The number of phenols is 1. The molecule has 3 N–H and O–H groups in total. The number of ether oxygens (including phenoxy) is 1. The maximum Gasteiger partial charge on any atom is 0.146 e. The number of rotatable bonds is 3. The second kappa shape index (κ2) is 5.27. The first kappa shape index (κ1) is 12.0. The Labute approximate surface area is 113 Å². The summed E-state index contributed by atoms with van der Waals surface area (Å²) in [6.45, 7) is 0.435. The van der Waals surface area contributed by atoms with Crippen LogP contribution in [0.3, 0.4) is 0 Å². The number of aromatic hydroxyl groups is 1. The molecular formula is C13H12INO2. The zero-order valence-electron chi connectivity index (χ0n) is 9.06. The monoisotopic (exact) mass is 341 g/mol. The van der Waals surface area contributed by atoms with E-state index in [0.29, 0.717) is 12.4 Å². The number of hydrogen-bond donors (Lipinski definition) is 2. The number of phenolic OH excluding ortho intramolecular Hbond substituents is 1. The minimum absolute atomic E-state index is 0.0464. The SMILES string of the molecule is Nc1c(O)cccc1OCc1ccc(I)cc1. The predicted octanol–water partition coefficient (Wildman–Crippen LogP) is 3.16. The topological polar surface area (TPSA) is 55.5 Å². The van der Waals surface area contributed by atoms with Gasteiger partial charge < -0.3 is 15.6 Å². The quantitative estimate of drug-likeness (QED) is 0.512. The van der Waals surface area contributed by atoms with Crippen molar-refractivity contribution in [3.63, 3.8) is 0 Å². The average molecular weight is 341 g/mol. The molecule has 0 radical (unpaired) electrons. The number of hydrogen-bond acceptors (Lipinski definition) is 3. The lowest BCUT2D eigenvalue weighted by molar-refractivity contribution is 0.306. The first-order valence-electron chi connectivity index (χ1n) is 5.11. The molecule has 2 rings (SSSR count). The Kier molecular flexibility index (Phi) is 3.73. The zero-order chi connectivity index (χ0) is 12.3. The summed E-state index contributed by atoms with van der Waals surface area (Å²) in [4.78, 5) is 0. The molecule has 4 heteroatoms. The van der Waals surface area contributed by atoms with Gasteiger partial charge in [0.25, 0.3) is 0 Å². The van der Waals surface area contributed by atoms with Gasteiger partial charge in [0.2, 0.25) is 0 Å². The van der Waals surface area contributed by atoms with Crippen molar-refractivity contribution in [3.8, 4) is 11.5 Å². The van der Waals surface area contributed by atoms with Crippen LogP contribution in [0.5, 0.6) is 11.5 Å². The van der Waals surface area contributed by atoms with Crippen molar-refractivity contribution in [1.82, 2.24) is 0 Å². The van der Waals surface area contributed by atoms with Crippen LogP contribution in [0.15, 0.2) is 42.5 Å². The van der Waals surface area contributed by atoms with Crippen LogP contribution in [-0.2, 0) is 6.61 Å². The molecule has 0 atom stereocenters. The maximum absolute atomic E-state index is 9.43. The molecule has 0 amide bonds. The van der Waals surface area contributed by atoms with Gasteiger partial charge in [-0.2, -0.15) is 0 Å². The number of para-hydroxylation sites is 1. The van der Waals surface area contributed by atoms with E-state index in [2.05, 4.69) is 22.6 Å². The normalized spacial score (nSPS) is 10.2. The highest BCUT2D eigenvalue weighted by molar-refractivity contribution is 14.1. The second-order valence-electron chi connectivity index (χ2n) is 3.60. The summed E-state index contributed by atoms with van der Waals surface area (Å²) in [5.41, 5.74) is 7.03. The van der Waals surface area contributed by atoms with Crippen molar-refractivity contribution >= 4 is 28.3 Å². The summed E-state index contributed by atoms with van der Waals surface area (Å²) in [7, 11) is 0. The van der Waals surface area contributed by atoms with Crippen molar-refractivity contribution < 1.29 is 9.84 Å². The van der Waals surface area contributed by atoms with E-state index in [9.17, 15) is 5.11 Å².